The number of aryl methyl sites for hydroxylation is 1. The fourth-order valence-corrected chi connectivity index (χ4v) is 2.87. The van der Waals surface area contributed by atoms with Crippen molar-refractivity contribution in [3.05, 3.63) is 70.8 Å². The maximum atomic E-state index is 13.3. The van der Waals surface area contributed by atoms with E-state index in [-0.39, 0.29) is 11.5 Å². The summed E-state index contributed by atoms with van der Waals surface area (Å²) in [5.41, 5.74) is 2.68. The predicted molar refractivity (Wildman–Crippen MR) is 88.7 cm³/mol. The van der Waals surface area contributed by atoms with Crippen molar-refractivity contribution in [1.29, 1.82) is 0 Å². The minimum Gasteiger partial charge on any atom is -0.336 e. The third kappa shape index (κ3) is 3.79. The van der Waals surface area contributed by atoms with E-state index in [1.165, 1.54) is 17.2 Å². The van der Waals surface area contributed by atoms with Crippen LogP contribution in [0.3, 0.4) is 0 Å². The first kappa shape index (κ1) is 16.6. The Bertz CT molecular complexity index is 723. The summed E-state index contributed by atoms with van der Waals surface area (Å²) in [6.45, 7) is 5.62. The zero-order chi connectivity index (χ0) is 17.1. The number of nitrogens with zero attached hydrogens (tertiary/aromatic N) is 2. The van der Waals surface area contributed by atoms with Crippen LogP contribution in [0.25, 0.3) is 0 Å². The number of piperazine rings is 1. The summed E-state index contributed by atoms with van der Waals surface area (Å²) in [4.78, 5) is 16.4. The van der Waals surface area contributed by atoms with Crippen LogP contribution in [0.5, 0.6) is 0 Å². The van der Waals surface area contributed by atoms with Crippen LogP contribution < -0.4 is 0 Å². The molecule has 1 heterocycles. The number of carbonyl (C=O) groups is 1. The lowest BCUT2D eigenvalue weighted by Gasteiger charge is -2.34. The van der Waals surface area contributed by atoms with E-state index in [1.54, 1.807) is 4.90 Å². The lowest BCUT2D eigenvalue weighted by Crippen LogP contribution is -2.48. The normalized spacial score (nSPS) is 15.5. The number of carbonyl (C=O) groups excluding carboxylic acids is 1. The molecule has 24 heavy (non-hydrogen) atoms. The Morgan fingerprint density at radius 2 is 1.62 bits per heavy atom. The molecule has 0 bridgehead atoms. The number of rotatable bonds is 3. The van der Waals surface area contributed by atoms with Crippen LogP contribution in [-0.4, -0.2) is 41.9 Å². The van der Waals surface area contributed by atoms with E-state index in [2.05, 4.69) is 36.1 Å². The van der Waals surface area contributed by atoms with Gasteiger partial charge in [0.2, 0.25) is 0 Å². The van der Waals surface area contributed by atoms with Crippen molar-refractivity contribution >= 4 is 5.91 Å². The van der Waals surface area contributed by atoms with Gasteiger partial charge in [-0.1, -0.05) is 29.8 Å². The molecule has 1 fully saturated rings. The molecular formula is C19H20F2N2O. The van der Waals surface area contributed by atoms with Gasteiger partial charge in [-0.2, -0.15) is 0 Å². The molecule has 0 unspecified atom stereocenters. The van der Waals surface area contributed by atoms with Crippen molar-refractivity contribution in [3.8, 4) is 0 Å². The van der Waals surface area contributed by atoms with Crippen molar-refractivity contribution < 1.29 is 13.6 Å². The van der Waals surface area contributed by atoms with Crippen molar-refractivity contribution in [2.45, 2.75) is 13.5 Å². The van der Waals surface area contributed by atoms with Crippen molar-refractivity contribution in [2.24, 2.45) is 0 Å². The first-order valence-corrected chi connectivity index (χ1v) is 8.05. The molecule has 126 valence electrons. The highest BCUT2D eigenvalue weighted by molar-refractivity contribution is 5.94. The van der Waals surface area contributed by atoms with Crippen LogP contribution in [-0.2, 0) is 6.54 Å². The van der Waals surface area contributed by atoms with Gasteiger partial charge in [0.1, 0.15) is 0 Å². The third-order valence-corrected chi connectivity index (χ3v) is 4.35. The second-order valence-electron chi connectivity index (χ2n) is 6.18. The minimum absolute atomic E-state index is 0.195. The van der Waals surface area contributed by atoms with Gasteiger partial charge in [0.05, 0.1) is 0 Å². The summed E-state index contributed by atoms with van der Waals surface area (Å²) in [7, 11) is 0. The fourth-order valence-electron chi connectivity index (χ4n) is 2.87. The molecule has 0 spiro atoms. The van der Waals surface area contributed by atoms with E-state index in [9.17, 15) is 13.6 Å². The predicted octanol–water partition coefficient (Wildman–Crippen LogP) is 3.23. The molecule has 0 aliphatic carbocycles. The number of benzene rings is 2. The average Bonchev–Trinajstić information content (AvgIpc) is 2.59. The van der Waals surface area contributed by atoms with E-state index in [0.29, 0.717) is 13.1 Å². The molecule has 0 N–H and O–H groups in total. The van der Waals surface area contributed by atoms with Crippen LogP contribution in [0.1, 0.15) is 21.5 Å². The molecule has 3 rings (SSSR count). The molecular weight excluding hydrogens is 310 g/mol. The first-order chi connectivity index (χ1) is 11.5. The summed E-state index contributed by atoms with van der Waals surface area (Å²) < 4.78 is 26.3. The van der Waals surface area contributed by atoms with Crippen molar-refractivity contribution in [2.75, 3.05) is 26.2 Å². The van der Waals surface area contributed by atoms with Crippen LogP contribution in [0.4, 0.5) is 8.78 Å². The molecule has 0 saturated carbocycles. The fraction of sp³-hybridized carbons (Fsp3) is 0.316. The van der Waals surface area contributed by atoms with Crippen LogP contribution in [0.15, 0.2) is 42.5 Å². The highest BCUT2D eigenvalue weighted by Gasteiger charge is 2.22. The Hall–Kier alpha value is -2.27. The molecule has 2 aromatic rings. The van der Waals surface area contributed by atoms with Gasteiger partial charge in [0.25, 0.3) is 5.91 Å². The van der Waals surface area contributed by atoms with Crippen LogP contribution in [0, 0.1) is 18.6 Å². The molecule has 1 saturated heterocycles. The minimum atomic E-state index is -0.987. The average molecular weight is 330 g/mol. The van der Waals surface area contributed by atoms with E-state index >= 15 is 0 Å². The van der Waals surface area contributed by atoms with Crippen molar-refractivity contribution in [3.63, 3.8) is 0 Å². The monoisotopic (exact) mass is 330 g/mol. The largest absolute Gasteiger partial charge is 0.336 e. The molecule has 0 atom stereocenters. The smallest absolute Gasteiger partial charge is 0.254 e. The van der Waals surface area contributed by atoms with Gasteiger partial charge in [0, 0.05) is 38.3 Å². The SMILES string of the molecule is Cc1ccc(CN2CCN(C(=O)c3ccc(F)c(F)c3)CC2)cc1. The summed E-state index contributed by atoms with van der Waals surface area (Å²) in [6.07, 6.45) is 0. The number of halogens is 2. The van der Waals surface area contributed by atoms with Crippen molar-refractivity contribution in [1.82, 2.24) is 9.80 Å². The molecule has 1 amide bonds. The molecule has 2 aromatic carbocycles. The third-order valence-electron chi connectivity index (χ3n) is 4.35. The van der Waals surface area contributed by atoms with E-state index in [0.717, 1.165) is 31.8 Å². The maximum absolute atomic E-state index is 13.3. The topological polar surface area (TPSA) is 23.6 Å². The standard InChI is InChI=1S/C19H20F2N2O/c1-14-2-4-15(5-3-14)13-22-8-10-23(11-9-22)19(24)16-6-7-17(20)18(21)12-16/h2-7,12H,8-11,13H2,1H3. The lowest BCUT2D eigenvalue weighted by atomic mass is 10.1. The van der Waals surface area contributed by atoms with Gasteiger partial charge in [-0.3, -0.25) is 9.69 Å². The number of amides is 1. The van der Waals surface area contributed by atoms with Gasteiger partial charge >= 0.3 is 0 Å². The van der Waals surface area contributed by atoms with E-state index in [1.807, 2.05) is 0 Å². The second kappa shape index (κ2) is 7.09. The Morgan fingerprint density at radius 1 is 0.958 bits per heavy atom. The van der Waals surface area contributed by atoms with Gasteiger partial charge in [-0.15, -0.1) is 0 Å². The Morgan fingerprint density at radius 3 is 2.25 bits per heavy atom. The first-order valence-electron chi connectivity index (χ1n) is 8.05. The van der Waals surface area contributed by atoms with E-state index < -0.39 is 11.6 Å². The molecule has 0 radical (unpaired) electrons. The molecule has 1 aliphatic rings. The highest BCUT2D eigenvalue weighted by atomic mass is 19.2. The Balaban J connectivity index is 1.57. The number of hydrogen-bond acceptors (Lipinski definition) is 2. The Kier molecular flexibility index (Phi) is 4.90. The lowest BCUT2D eigenvalue weighted by molar-refractivity contribution is 0.0628. The Labute approximate surface area is 140 Å². The molecule has 1 aliphatic heterocycles. The summed E-state index contributed by atoms with van der Waals surface area (Å²) in [5.74, 6) is -2.17. The second-order valence-corrected chi connectivity index (χ2v) is 6.18. The number of hydrogen-bond donors (Lipinski definition) is 0. The zero-order valence-electron chi connectivity index (χ0n) is 13.6. The van der Waals surface area contributed by atoms with Gasteiger partial charge in [0.15, 0.2) is 11.6 Å². The van der Waals surface area contributed by atoms with Gasteiger partial charge < -0.3 is 4.90 Å². The highest BCUT2D eigenvalue weighted by Crippen LogP contribution is 2.14. The molecule has 5 heteroatoms. The zero-order valence-corrected chi connectivity index (χ0v) is 13.6. The summed E-state index contributed by atoms with van der Waals surface area (Å²) in [5, 5.41) is 0. The summed E-state index contributed by atoms with van der Waals surface area (Å²) in [6, 6.07) is 11.7. The summed E-state index contributed by atoms with van der Waals surface area (Å²) >= 11 is 0. The quantitative estimate of drug-likeness (QED) is 0.863. The molecule has 0 aromatic heterocycles. The maximum Gasteiger partial charge on any atom is 0.254 e. The van der Waals surface area contributed by atoms with Gasteiger partial charge in [-0.25, -0.2) is 8.78 Å². The molecule has 3 nitrogen and oxygen atoms in total. The van der Waals surface area contributed by atoms with E-state index in [4.69, 9.17) is 0 Å². The van der Waals surface area contributed by atoms with Crippen LogP contribution >= 0.6 is 0 Å². The van der Waals surface area contributed by atoms with Crippen LogP contribution in [0.2, 0.25) is 0 Å². The van der Waals surface area contributed by atoms with Gasteiger partial charge in [-0.05, 0) is 30.7 Å².